The Hall–Kier alpha value is -1.71. The van der Waals surface area contributed by atoms with Gasteiger partial charge in [0.05, 0.1) is 18.1 Å². The minimum atomic E-state index is 0.600. The summed E-state index contributed by atoms with van der Waals surface area (Å²) in [7, 11) is 1.68. The molecule has 0 saturated heterocycles. The van der Waals surface area contributed by atoms with E-state index in [1.165, 1.54) is 25.7 Å². The van der Waals surface area contributed by atoms with Gasteiger partial charge >= 0.3 is 0 Å². The summed E-state index contributed by atoms with van der Waals surface area (Å²) < 4.78 is 7.43. The number of nitrogens with zero attached hydrogens (tertiary/aromatic N) is 2. The van der Waals surface area contributed by atoms with Crippen LogP contribution in [-0.4, -0.2) is 16.7 Å². The van der Waals surface area contributed by atoms with Gasteiger partial charge in [-0.15, -0.1) is 0 Å². The largest absolute Gasteiger partial charge is 0.497 e. The second-order valence-electron chi connectivity index (χ2n) is 5.35. The molecule has 1 aromatic carbocycles. The molecule has 0 spiro atoms. The number of nitrogen functional groups attached to an aromatic ring is 1. The van der Waals surface area contributed by atoms with Crippen molar-refractivity contribution >= 4 is 17.0 Å². The maximum atomic E-state index is 6.09. The highest BCUT2D eigenvalue weighted by Gasteiger charge is 2.13. The van der Waals surface area contributed by atoms with Gasteiger partial charge in [0.15, 0.2) is 0 Å². The van der Waals surface area contributed by atoms with Crippen LogP contribution >= 0.6 is 0 Å². The highest BCUT2D eigenvalue weighted by atomic mass is 16.5. The molecule has 20 heavy (non-hydrogen) atoms. The standard InChI is InChI=1S/C16H25N3O/c1-4-6-7-12(5-2)11-19-15-10-13(20-3)8-9-14(15)18-16(19)17/h8-10,12H,4-7,11H2,1-3H3,(H2,17,18). The number of imidazole rings is 1. The first-order valence-electron chi connectivity index (χ1n) is 7.49. The average Bonchev–Trinajstić information content (AvgIpc) is 2.78. The fourth-order valence-corrected chi connectivity index (χ4v) is 2.62. The Balaban J connectivity index is 2.29. The van der Waals surface area contributed by atoms with Crippen molar-refractivity contribution in [1.29, 1.82) is 0 Å². The molecule has 1 heterocycles. The van der Waals surface area contributed by atoms with Crippen LogP contribution in [0.25, 0.3) is 11.0 Å². The Labute approximate surface area is 120 Å². The SMILES string of the molecule is CCCCC(CC)Cn1c(N)nc2ccc(OC)cc21. The maximum absolute atomic E-state index is 6.09. The molecule has 2 rings (SSSR count). The Morgan fingerprint density at radius 1 is 1.35 bits per heavy atom. The number of hydrogen-bond acceptors (Lipinski definition) is 3. The van der Waals surface area contributed by atoms with Gasteiger partial charge in [0.25, 0.3) is 0 Å². The summed E-state index contributed by atoms with van der Waals surface area (Å²) in [5, 5.41) is 0. The van der Waals surface area contributed by atoms with Gasteiger partial charge in [0, 0.05) is 12.6 Å². The third-order valence-corrected chi connectivity index (χ3v) is 3.97. The zero-order valence-electron chi connectivity index (χ0n) is 12.7. The molecule has 0 amide bonds. The molecule has 4 heteroatoms. The van der Waals surface area contributed by atoms with Gasteiger partial charge in [-0.05, 0) is 24.5 Å². The quantitative estimate of drug-likeness (QED) is 0.835. The van der Waals surface area contributed by atoms with Crippen LogP contribution in [0, 0.1) is 5.92 Å². The van der Waals surface area contributed by atoms with Crippen molar-refractivity contribution in [2.75, 3.05) is 12.8 Å². The minimum absolute atomic E-state index is 0.600. The Bertz CT molecular complexity index is 562. The van der Waals surface area contributed by atoms with E-state index in [2.05, 4.69) is 23.4 Å². The molecule has 0 aliphatic rings. The van der Waals surface area contributed by atoms with Gasteiger partial charge in [0.2, 0.25) is 5.95 Å². The third-order valence-electron chi connectivity index (χ3n) is 3.97. The molecule has 2 N–H and O–H groups in total. The number of unbranched alkanes of at least 4 members (excludes halogenated alkanes) is 1. The molecule has 4 nitrogen and oxygen atoms in total. The van der Waals surface area contributed by atoms with E-state index in [9.17, 15) is 0 Å². The highest BCUT2D eigenvalue weighted by Crippen LogP contribution is 2.25. The fraction of sp³-hybridized carbons (Fsp3) is 0.562. The molecule has 2 aromatic rings. The molecule has 0 aliphatic heterocycles. The van der Waals surface area contributed by atoms with Crippen LogP contribution < -0.4 is 10.5 Å². The lowest BCUT2D eigenvalue weighted by Gasteiger charge is -2.16. The zero-order valence-corrected chi connectivity index (χ0v) is 12.7. The number of methoxy groups -OCH3 is 1. The van der Waals surface area contributed by atoms with E-state index in [0.717, 1.165) is 23.3 Å². The summed E-state index contributed by atoms with van der Waals surface area (Å²) in [6.45, 7) is 5.42. The first-order chi connectivity index (χ1) is 9.69. The first-order valence-corrected chi connectivity index (χ1v) is 7.49. The van der Waals surface area contributed by atoms with E-state index in [-0.39, 0.29) is 0 Å². The van der Waals surface area contributed by atoms with Crippen LogP contribution in [0.4, 0.5) is 5.95 Å². The van der Waals surface area contributed by atoms with E-state index in [1.54, 1.807) is 7.11 Å². The molecule has 1 unspecified atom stereocenters. The Morgan fingerprint density at radius 2 is 2.15 bits per heavy atom. The Kier molecular flexibility index (Phi) is 4.88. The van der Waals surface area contributed by atoms with Crippen LogP contribution in [0.1, 0.15) is 39.5 Å². The third kappa shape index (κ3) is 3.06. The van der Waals surface area contributed by atoms with E-state index < -0.39 is 0 Å². The second kappa shape index (κ2) is 6.64. The van der Waals surface area contributed by atoms with Crippen LogP contribution in [-0.2, 0) is 6.54 Å². The monoisotopic (exact) mass is 275 g/mol. The summed E-state index contributed by atoms with van der Waals surface area (Å²) in [4.78, 5) is 4.44. The molecule has 0 radical (unpaired) electrons. The van der Waals surface area contributed by atoms with Gasteiger partial charge in [-0.2, -0.15) is 0 Å². The molecule has 1 aromatic heterocycles. The number of fused-ring (bicyclic) bond motifs is 1. The van der Waals surface area contributed by atoms with Crippen molar-refractivity contribution < 1.29 is 4.74 Å². The molecule has 0 aliphatic carbocycles. The van der Waals surface area contributed by atoms with Crippen molar-refractivity contribution in [3.05, 3.63) is 18.2 Å². The Morgan fingerprint density at radius 3 is 2.80 bits per heavy atom. The molecule has 0 bridgehead atoms. The number of aromatic nitrogens is 2. The lowest BCUT2D eigenvalue weighted by atomic mass is 9.99. The van der Waals surface area contributed by atoms with Crippen LogP contribution in [0.3, 0.4) is 0 Å². The summed E-state index contributed by atoms with van der Waals surface area (Å²) in [6, 6.07) is 5.91. The van der Waals surface area contributed by atoms with Crippen LogP contribution in [0.15, 0.2) is 18.2 Å². The molecular weight excluding hydrogens is 250 g/mol. The lowest BCUT2D eigenvalue weighted by Crippen LogP contribution is -2.12. The van der Waals surface area contributed by atoms with Gasteiger partial charge < -0.3 is 15.0 Å². The fourth-order valence-electron chi connectivity index (χ4n) is 2.62. The predicted molar refractivity (Wildman–Crippen MR) is 84.0 cm³/mol. The van der Waals surface area contributed by atoms with Gasteiger partial charge in [-0.1, -0.05) is 33.1 Å². The first kappa shape index (κ1) is 14.7. The molecule has 0 saturated carbocycles. The van der Waals surface area contributed by atoms with Gasteiger partial charge in [-0.25, -0.2) is 4.98 Å². The topological polar surface area (TPSA) is 53.1 Å². The van der Waals surface area contributed by atoms with Crippen LogP contribution in [0.5, 0.6) is 5.75 Å². The summed E-state index contributed by atoms with van der Waals surface area (Å²) >= 11 is 0. The second-order valence-corrected chi connectivity index (χ2v) is 5.35. The number of benzene rings is 1. The van der Waals surface area contributed by atoms with E-state index >= 15 is 0 Å². The lowest BCUT2D eigenvalue weighted by molar-refractivity contribution is 0.396. The van der Waals surface area contributed by atoms with E-state index in [0.29, 0.717) is 11.9 Å². The number of hydrogen-bond donors (Lipinski definition) is 1. The minimum Gasteiger partial charge on any atom is -0.497 e. The molecule has 110 valence electrons. The summed E-state index contributed by atoms with van der Waals surface area (Å²) in [5.41, 5.74) is 8.09. The van der Waals surface area contributed by atoms with Crippen molar-refractivity contribution in [1.82, 2.24) is 9.55 Å². The van der Waals surface area contributed by atoms with Crippen molar-refractivity contribution in [3.63, 3.8) is 0 Å². The number of ether oxygens (including phenoxy) is 1. The normalized spacial score (nSPS) is 12.8. The van der Waals surface area contributed by atoms with Crippen molar-refractivity contribution in [2.24, 2.45) is 5.92 Å². The number of anilines is 1. The van der Waals surface area contributed by atoms with E-state index in [4.69, 9.17) is 10.5 Å². The number of rotatable bonds is 7. The molecular formula is C16H25N3O. The maximum Gasteiger partial charge on any atom is 0.201 e. The molecule has 1 atom stereocenters. The van der Waals surface area contributed by atoms with Crippen LogP contribution in [0.2, 0.25) is 0 Å². The summed E-state index contributed by atoms with van der Waals surface area (Å²) in [5.74, 6) is 2.10. The molecule has 0 fully saturated rings. The van der Waals surface area contributed by atoms with Gasteiger partial charge in [0.1, 0.15) is 5.75 Å². The van der Waals surface area contributed by atoms with Gasteiger partial charge in [-0.3, -0.25) is 0 Å². The van der Waals surface area contributed by atoms with E-state index in [1.807, 2.05) is 18.2 Å². The predicted octanol–water partition coefficient (Wildman–Crippen LogP) is 3.84. The number of nitrogens with two attached hydrogens (primary N) is 1. The highest BCUT2D eigenvalue weighted by molar-refractivity contribution is 5.79. The van der Waals surface area contributed by atoms with Crippen molar-refractivity contribution in [2.45, 2.75) is 46.1 Å². The smallest absolute Gasteiger partial charge is 0.201 e. The zero-order chi connectivity index (χ0) is 14.5. The summed E-state index contributed by atoms with van der Waals surface area (Å²) in [6.07, 6.45) is 4.93. The van der Waals surface area contributed by atoms with Crippen molar-refractivity contribution in [3.8, 4) is 5.75 Å². The average molecular weight is 275 g/mol.